The second kappa shape index (κ2) is 6.87. The van der Waals surface area contributed by atoms with Crippen molar-refractivity contribution in [1.29, 1.82) is 0 Å². The zero-order valence-electron chi connectivity index (χ0n) is 11.6. The number of nitrogens with two attached hydrogens (primary N) is 1. The first-order chi connectivity index (χ1) is 10.1. The molecule has 2 aromatic rings. The Hall–Kier alpha value is -2.38. The van der Waals surface area contributed by atoms with Crippen LogP contribution in [0.4, 0.5) is 8.78 Å². The van der Waals surface area contributed by atoms with Crippen molar-refractivity contribution < 1.29 is 13.5 Å². The molecule has 4 heteroatoms. The Labute approximate surface area is 122 Å². The van der Waals surface area contributed by atoms with Gasteiger partial charge in [0.05, 0.1) is 12.1 Å². The van der Waals surface area contributed by atoms with Crippen LogP contribution in [0.25, 0.3) is 0 Å². The largest absolute Gasteiger partial charge is 0.489 e. The van der Waals surface area contributed by atoms with Gasteiger partial charge in [0.2, 0.25) is 0 Å². The first kappa shape index (κ1) is 15.0. The molecule has 0 fully saturated rings. The number of hydrogen-bond acceptors (Lipinski definition) is 2. The molecule has 0 aromatic heterocycles. The summed E-state index contributed by atoms with van der Waals surface area (Å²) >= 11 is 0. The summed E-state index contributed by atoms with van der Waals surface area (Å²) in [4.78, 5) is 0. The highest BCUT2D eigenvalue weighted by Crippen LogP contribution is 2.20. The number of rotatable bonds is 3. The quantitative estimate of drug-likeness (QED) is 0.880. The van der Waals surface area contributed by atoms with Crippen molar-refractivity contribution in [2.45, 2.75) is 13.5 Å². The maximum atomic E-state index is 13.5. The predicted molar refractivity (Wildman–Crippen MR) is 77.8 cm³/mol. The predicted octanol–water partition coefficient (Wildman–Crippen LogP) is 3.16. The Morgan fingerprint density at radius 3 is 2.67 bits per heavy atom. The van der Waals surface area contributed by atoms with Gasteiger partial charge in [-0.1, -0.05) is 17.9 Å². The van der Waals surface area contributed by atoms with Crippen LogP contribution < -0.4 is 10.5 Å². The molecule has 0 radical (unpaired) electrons. The van der Waals surface area contributed by atoms with E-state index >= 15 is 0 Å². The minimum atomic E-state index is -0.391. The van der Waals surface area contributed by atoms with E-state index in [0.29, 0.717) is 11.3 Å². The van der Waals surface area contributed by atoms with Crippen LogP contribution in [0.1, 0.15) is 16.7 Å². The highest BCUT2D eigenvalue weighted by Gasteiger charge is 2.04. The van der Waals surface area contributed by atoms with Gasteiger partial charge < -0.3 is 10.5 Å². The van der Waals surface area contributed by atoms with Gasteiger partial charge in [-0.3, -0.25) is 0 Å². The topological polar surface area (TPSA) is 35.2 Å². The number of ether oxygens (including phenoxy) is 1. The number of aryl methyl sites for hydroxylation is 1. The first-order valence-corrected chi connectivity index (χ1v) is 6.46. The van der Waals surface area contributed by atoms with Crippen molar-refractivity contribution in [2.24, 2.45) is 5.73 Å². The standard InChI is InChI=1S/C17H15F2NO/c1-12-9-15(18)5-7-17(12)21-11-13-4-6-16(19)14(10-13)3-2-8-20/h4-7,9-10H,8,11,20H2,1H3. The van der Waals surface area contributed by atoms with Crippen molar-refractivity contribution in [2.75, 3.05) is 6.54 Å². The van der Waals surface area contributed by atoms with E-state index in [1.54, 1.807) is 25.1 Å². The zero-order chi connectivity index (χ0) is 15.2. The molecule has 0 atom stereocenters. The van der Waals surface area contributed by atoms with E-state index < -0.39 is 5.82 Å². The van der Waals surface area contributed by atoms with Gasteiger partial charge in [-0.2, -0.15) is 0 Å². The van der Waals surface area contributed by atoms with Gasteiger partial charge in [0.25, 0.3) is 0 Å². The third-order valence-corrected chi connectivity index (χ3v) is 2.89. The molecule has 0 heterocycles. The van der Waals surface area contributed by atoms with Gasteiger partial charge in [0, 0.05) is 0 Å². The highest BCUT2D eigenvalue weighted by atomic mass is 19.1. The Bertz CT molecular complexity index is 702. The van der Waals surface area contributed by atoms with Gasteiger partial charge in [0.15, 0.2) is 0 Å². The van der Waals surface area contributed by atoms with Crippen LogP contribution >= 0.6 is 0 Å². The lowest BCUT2D eigenvalue weighted by atomic mass is 10.1. The minimum absolute atomic E-state index is 0.176. The summed E-state index contributed by atoms with van der Waals surface area (Å²) in [6.07, 6.45) is 0. The van der Waals surface area contributed by atoms with Crippen molar-refractivity contribution in [3.8, 4) is 17.6 Å². The number of hydrogen-bond donors (Lipinski definition) is 1. The average molecular weight is 287 g/mol. The first-order valence-electron chi connectivity index (χ1n) is 6.46. The summed E-state index contributed by atoms with van der Waals surface area (Å²) in [7, 11) is 0. The van der Waals surface area contributed by atoms with Crippen molar-refractivity contribution in [3.63, 3.8) is 0 Å². The van der Waals surface area contributed by atoms with Crippen LogP contribution in [-0.4, -0.2) is 6.54 Å². The summed E-state index contributed by atoms with van der Waals surface area (Å²) in [6.45, 7) is 2.19. The summed E-state index contributed by atoms with van der Waals surface area (Å²) in [5, 5.41) is 0. The molecule has 0 bridgehead atoms. The second-order valence-electron chi connectivity index (χ2n) is 4.52. The molecule has 0 amide bonds. The fourth-order valence-corrected chi connectivity index (χ4v) is 1.84. The highest BCUT2D eigenvalue weighted by molar-refractivity contribution is 5.39. The molecule has 0 unspecified atom stereocenters. The average Bonchev–Trinajstić information content (AvgIpc) is 2.46. The van der Waals surface area contributed by atoms with Crippen LogP contribution in [-0.2, 0) is 6.61 Å². The van der Waals surface area contributed by atoms with E-state index in [0.717, 1.165) is 5.56 Å². The van der Waals surface area contributed by atoms with Crippen LogP contribution in [0, 0.1) is 30.4 Å². The van der Waals surface area contributed by atoms with Crippen LogP contribution in [0.5, 0.6) is 5.75 Å². The maximum absolute atomic E-state index is 13.5. The Kier molecular flexibility index (Phi) is 4.91. The smallest absolute Gasteiger partial charge is 0.138 e. The summed E-state index contributed by atoms with van der Waals surface area (Å²) in [6, 6.07) is 8.90. The van der Waals surface area contributed by atoms with Crippen LogP contribution in [0.3, 0.4) is 0 Å². The van der Waals surface area contributed by atoms with E-state index in [2.05, 4.69) is 11.8 Å². The summed E-state index contributed by atoms with van der Waals surface area (Å²) < 4.78 is 32.2. The minimum Gasteiger partial charge on any atom is -0.489 e. The molecule has 2 nitrogen and oxygen atoms in total. The SMILES string of the molecule is Cc1cc(F)ccc1OCc1ccc(F)c(C#CCN)c1. The van der Waals surface area contributed by atoms with Crippen molar-refractivity contribution >= 4 is 0 Å². The molecule has 2 rings (SSSR count). The Morgan fingerprint density at radius 2 is 1.95 bits per heavy atom. The van der Waals surface area contributed by atoms with E-state index in [9.17, 15) is 8.78 Å². The molecule has 108 valence electrons. The molecule has 2 N–H and O–H groups in total. The molecule has 0 aliphatic carbocycles. The van der Waals surface area contributed by atoms with E-state index in [1.807, 2.05) is 0 Å². The molecule has 0 aliphatic rings. The molecular formula is C17H15F2NO. The lowest BCUT2D eigenvalue weighted by Crippen LogP contribution is -1.99. The lowest BCUT2D eigenvalue weighted by molar-refractivity contribution is 0.303. The summed E-state index contributed by atoms with van der Waals surface area (Å²) in [5.41, 5.74) is 7.05. The second-order valence-corrected chi connectivity index (χ2v) is 4.52. The Balaban J connectivity index is 2.13. The lowest BCUT2D eigenvalue weighted by Gasteiger charge is -2.09. The zero-order valence-corrected chi connectivity index (χ0v) is 11.6. The number of benzene rings is 2. The Morgan fingerprint density at radius 1 is 1.14 bits per heavy atom. The number of halogens is 2. The molecule has 0 saturated heterocycles. The van der Waals surface area contributed by atoms with E-state index in [4.69, 9.17) is 10.5 Å². The fourth-order valence-electron chi connectivity index (χ4n) is 1.84. The maximum Gasteiger partial charge on any atom is 0.138 e. The van der Waals surface area contributed by atoms with Gasteiger partial charge in [-0.15, -0.1) is 0 Å². The van der Waals surface area contributed by atoms with Gasteiger partial charge in [0.1, 0.15) is 24.0 Å². The normalized spacial score (nSPS) is 9.90. The molecule has 0 aliphatic heterocycles. The van der Waals surface area contributed by atoms with E-state index in [-0.39, 0.29) is 24.5 Å². The van der Waals surface area contributed by atoms with Gasteiger partial charge >= 0.3 is 0 Å². The van der Waals surface area contributed by atoms with E-state index in [1.165, 1.54) is 18.2 Å². The molecule has 2 aromatic carbocycles. The van der Waals surface area contributed by atoms with Crippen LogP contribution in [0.2, 0.25) is 0 Å². The van der Waals surface area contributed by atoms with Crippen molar-refractivity contribution in [1.82, 2.24) is 0 Å². The molecule has 0 spiro atoms. The summed E-state index contributed by atoms with van der Waals surface area (Å²) in [5.74, 6) is 5.19. The fraction of sp³-hybridized carbons (Fsp3) is 0.176. The monoisotopic (exact) mass is 287 g/mol. The molecule has 21 heavy (non-hydrogen) atoms. The molecule has 0 saturated carbocycles. The third-order valence-electron chi connectivity index (χ3n) is 2.89. The van der Waals surface area contributed by atoms with Crippen LogP contribution in [0.15, 0.2) is 36.4 Å². The van der Waals surface area contributed by atoms with Gasteiger partial charge in [-0.05, 0) is 48.4 Å². The van der Waals surface area contributed by atoms with Gasteiger partial charge in [-0.25, -0.2) is 8.78 Å². The van der Waals surface area contributed by atoms with Crippen molar-refractivity contribution in [3.05, 3.63) is 64.7 Å². The third kappa shape index (κ3) is 4.04. The molecular weight excluding hydrogens is 272 g/mol.